The van der Waals surface area contributed by atoms with E-state index >= 15 is 4.79 Å². The molecule has 2 fully saturated rings. The number of cyclic esters (lactones) is 1. The SMILES string of the molecule is Cc1ccc(C)c(N2C/C=C\CCC(=O)NC[C@@H](C)OC(=O)[C@@H]3[C@@H]4C=C[C@]5(O4)[C@H](C2=O)N([C@@H](CO)Cc2ccccc2)C(=O)[C@@H]35)c1. The van der Waals surface area contributed by atoms with E-state index in [1.165, 1.54) is 4.90 Å². The number of fused-ring (bicyclic) bond motifs is 2. The van der Waals surface area contributed by atoms with Gasteiger partial charge >= 0.3 is 5.97 Å². The lowest BCUT2D eigenvalue weighted by Gasteiger charge is -2.39. The Balaban J connectivity index is 1.49. The fourth-order valence-corrected chi connectivity index (χ4v) is 7.33. The zero-order valence-corrected chi connectivity index (χ0v) is 26.4. The van der Waals surface area contributed by atoms with Crippen LogP contribution in [0.3, 0.4) is 0 Å². The lowest BCUT2D eigenvalue weighted by atomic mass is 9.74. The van der Waals surface area contributed by atoms with Crippen molar-refractivity contribution in [3.8, 4) is 0 Å². The first-order valence-corrected chi connectivity index (χ1v) is 16.0. The molecule has 2 saturated heterocycles. The van der Waals surface area contributed by atoms with Crippen LogP contribution in [0.5, 0.6) is 0 Å². The van der Waals surface area contributed by atoms with Gasteiger partial charge in [-0.3, -0.25) is 19.2 Å². The van der Waals surface area contributed by atoms with Crippen molar-refractivity contribution >= 4 is 29.4 Å². The van der Waals surface area contributed by atoms with Crippen LogP contribution in [0.15, 0.2) is 72.8 Å². The van der Waals surface area contributed by atoms with Gasteiger partial charge in [0.15, 0.2) is 0 Å². The minimum absolute atomic E-state index is 0.128. The molecule has 7 atom stereocenters. The Morgan fingerprint density at radius 2 is 1.83 bits per heavy atom. The second-order valence-electron chi connectivity index (χ2n) is 12.8. The van der Waals surface area contributed by atoms with Crippen LogP contribution in [0.2, 0.25) is 0 Å². The number of aryl methyl sites for hydroxylation is 2. The van der Waals surface area contributed by atoms with Gasteiger partial charge in [0.2, 0.25) is 11.8 Å². The number of allylic oxidation sites excluding steroid dienone is 1. The molecule has 5 bridgehead atoms. The molecule has 2 aromatic rings. The number of nitrogens with zero attached hydrogens (tertiary/aromatic N) is 2. The number of carbonyl (C=O) groups excluding carboxylic acids is 4. The third kappa shape index (κ3) is 5.64. The normalized spacial score (nSPS) is 31.1. The minimum Gasteiger partial charge on any atom is -0.460 e. The summed E-state index contributed by atoms with van der Waals surface area (Å²) in [6, 6.07) is 13.4. The standard InChI is InChI=1S/C36H41N3O7/c1-22-13-14-23(2)27(18-22)38-17-9-5-8-12-29(41)37-20-24(3)45-35(44)30-28-15-16-36(46-28)31(30)33(42)39(32(36)34(38)43)26(21-40)19-25-10-6-4-7-11-25/h4-7,9-11,13-16,18,24,26,28,30-32,40H,8,12,17,19-21H2,1-3H3,(H,37,41)/b9-5-/t24-,26-,28+,30-,31-,32+,36-/m1/s1. The van der Waals surface area contributed by atoms with Crippen LogP contribution in [-0.4, -0.2) is 83.3 Å². The number of aliphatic hydroxyl groups is 1. The summed E-state index contributed by atoms with van der Waals surface area (Å²) in [6.45, 7) is 5.48. The van der Waals surface area contributed by atoms with Crippen LogP contribution in [0.25, 0.3) is 0 Å². The third-order valence-corrected chi connectivity index (χ3v) is 9.55. The summed E-state index contributed by atoms with van der Waals surface area (Å²) in [4.78, 5) is 59.1. The van der Waals surface area contributed by atoms with Gasteiger partial charge in [0.25, 0.3) is 5.91 Å². The number of anilines is 1. The van der Waals surface area contributed by atoms with E-state index in [2.05, 4.69) is 5.32 Å². The van der Waals surface area contributed by atoms with E-state index in [0.717, 1.165) is 16.7 Å². The lowest BCUT2D eigenvalue weighted by molar-refractivity contribution is -0.159. The molecule has 4 heterocycles. The number of nitrogens with one attached hydrogen (secondary N) is 1. The molecule has 0 aromatic heterocycles. The predicted octanol–water partition coefficient (Wildman–Crippen LogP) is 2.79. The van der Waals surface area contributed by atoms with Crippen molar-refractivity contribution in [1.29, 1.82) is 0 Å². The van der Waals surface area contributed by atoms with E-state index in [9.17, 15) is 19.5 Å². The summed E-state index contributed by atoms with van der Waals surface area (Å²) >= 11 is 0. The maximum Gasteiger partial charge on any atom is 0.313 e. The molecule has 4 aliphatic heterocycles. The van der Waals surface area contributed by atoms with Crippen molar-refractivity contribution in [2.24, 2.45) is 11.8 Å². The van der Waals surface area contributed by atoms with E-state index in [1.54, 1.807) is 24.0 Å². The van der Waals surface area contributed by atoms with E-state index in [0.29, 0.717) is 18.5 Å². The van der Waals surface area contributed by atoms with Crippen LogP contribution < -0.4 is 10.2 Å². The molecule has 6 rings (SSSR count). The van der Waals surface area contributed by atoms with Crippen molar-refractivity contribution in [3.05, 3.63) is 89.5 Å². The molecule has 0 radical (unpaired) electrons. The largest absolute Gasteiger partial charge is 0.460 e. The van der Waals surface area contributed by atoms with Crippen molar-refractivity contribution in [2.45, 2.75) is 69.9 Å². The Hall–Kier alpha value is -4.28. The van der Waals surface area contributed by atoms with Gasteiger partial charge in [-0.25, -0.2) is 0 Å². The number of aliphatic hydroxyl groups excluding tert-OH is 1. The number of carbonyl (C=O) groups is 4. The van der Waals surface area contributed by atoms with Gasteiger partial charge < -0.3 is 29.7 Å². The summed E-state index contributed by atoms with van der Waals surface area (Å²) < 4.78 is 12.3. The van der Waals surface area contributed by atoms with Crippen molar-refractivity contribution < 1.29 is 33.8 Å². The van der Waals surface area contributed by atoms with Gasteiger partial charge in [-0.1, -0.05) is 66.8 Å². The summed E-state index contributed by atoms with van der Waals surface area (Å²) in [7, 11) is 0. The molecule has 0 aliphatic carbocycles. The van der Waals surface area contributed by atoms with Crippen molar-refractivity contribution in [3.63, 3.8) is 0 Å². The molecule has 4 aliphatic rings. The Kier molecular flexibility index (Phi) is 8.85. The molecule has 0 saturated carbocycles. The Labute approximate surface area is 269 Å². The fourth-order valence-electron chi connectivity index (χ4n) is 7.33. The number of amides is 3. The van der Waals surface area contributed by atoms with Gasteiger partial charge in [0, 0.05) is 18.7 Å². The molecule has 1 spiro atoms. The molecule has 2 N–H and O–H groups in total. The van der Waals surface area contributed by atoms with Crippen molar-refractivity contribution in [2.75, 3.05) is 24.6 Å². The first-order valence-electron chi connectivity index (χ1n) is 16.0. The summed E-state index contributed by atoms with van der Waals surface area (Å²) in [5.74, 6) is -3.62. The van der Waals surface area contributed by atoms with E-state index in [-0.39, 0.29) is 31.3 Å². The predicted molar refractivity (Wildman–Crippen MR) is 171 cm³/mol. The number of ether oxygens (including phenoxy) is 2. The first-order chi connectivity index (χ1) is 22.1. The summed E-state index contributed by atoms with van der Waals surface area (Å²) in [5, 5.41) is 13.6. The number of rotatable bonds is 5. The second-order valence-corrected chi connectivity index (χ2v) is 12.8. The van der Waals surface area contributed by atoms with Crippen LogP contribution in [-0.2, 0) is 35.1 Å². The Bertz CT molecular complexity index is 1570. The molecule has 10 heteroatoms. The maximum atomic E-state index is 15.1. The Morgan fingerprint density at radius 1 is 1.04 bits per heavy atom. The van der Waals surface area contributed by atoms with Gasteiger partial charge in [-0.15, -0.1) is 0 Å². The lowest BCUT2D eigenvalue weighted by Crippen LogP contribution is -2.59. The smallest absolute Gasteiger partial charge is 0.313 e. The molecule has 0 unspecified atom stereocenters. The number of esters is 1. The molecule has 10 nitrogen and oxygen atoms in total. The average molecular weight is 628 g/mol. The highest BCUT2D eigenvalue weighted by molar-refractivity contribution is 6.05. The molecule has 2 aromatic carbocycles. The zero-order chi connectivity index (χ0) is 32.6. The van der Waals surface area contributed by atoms with Crippen LogP contribution in [0, 0.1) is 25.7 Å². The van der Waals surface area contributed by atoms with Crippen LogP contribution >= 0.6 is 0 Å². The third-order valence-electron chi connectivity index (χ3n) is 9.55. The number of hydrogen-bond donors (Lipinski definition) is 2. The highest BCUT2D eigenvalue weighted by atomic mass is 16.6. The van der Waals surface area contributed by atoms with Gasteiger partial charge in [0.05, 0.1) is 31.2 Å². The molecular weight excluding hydrogens is 586 g/mol. The number of hydrogen-bond acceptors (Lipinski definition) is 7. The molecular formula is C36H41N3O7. The molecule has 3 amide bonds. The fraction of sp³-hybridized carbons (Fsp3) is 0.444. The van der Waals surface area contributed by atoms with Gasteiger partial charge in [-0.2, -0.15) is 0 Å². The Morgan fingerprint density at radius 3 is 2.59 bits per heavy atom. The van der Waals surface area contributed by atoms with Crippen LogP contribution in [0.4, 0.5) is 5.69 Å². The van der Waals surface area contributed by atoms with Crippen molar-refractivity contribution in [1.82, 2.24) is 10.2 Å². The summed E-state index contributed by atoms with van der Waals surface area (Å²) in [6.07, 6.45) is 6.83. The highest BCUT2D eigenvalue weighted by Gasteiger charge is 2.74. The first kappa shape index (κ1) is 31.7. The quantitative estimate of drug-likeness (QED) is 0.386. The average Bonchev–Trinajstić information content (AvgIpc) is 3.69. The van der Waals surface area contributed by atoms with Gasteiger partial charge in [-0.05, 0) is 56.4 Å². The number of likely N-dealkylation sites (tertiary alicyclic amines) is 1. The van der Waals surface area contributed by atoms with E-state index < -0.39 is 60.2 Å². The maximum absolute atomic E-state index is 15.1. The van der Waals surface area contributed by atoms with E-state index in [1.807, 2.05) is 74.5 Å². The highest BCUT2D eigenvalue weighted by Crippen LogP contribution is 2.56. The zero-order valence-electron chi connectivity index (χ0n) is 26.4. The van der Waals surface area contributed by atoms with Crippen LogP contribution in [0.1, 0.15) is 36.5 Å². The molecule has 46 heavy (non-hydrogen) atoms. The number of benzene rings is 2. The minimum atomic E-state index is -1.43. The van der Waals surface area contributed by atoms with E-state index in [4.69, 9.17) is 9.47 Å². The molecule has 242 valence electrons. The summed E-state index contributed by atoms with van der Waals surface area (Å²) in [5.41, 5.74) is 1.97. The second kappa shape index (κ2) is 12.8. The van der Waals surface area contributed by atoms with Gasteiger partial charge in [0.1, 0.15) is 23.7 Å². The monoisotopic (exact) mass is 627 g/mol. The topological polar surface area (TPSA) is 125 Å².